The molecule has 1 N–H and O–H groups in total. The highest BCUT2D eigenvalue weighted by atomic mass is 19.3. The Kier molecular flexibility index (Phi) is 3.02. The van der Waals surface area contributed by atoms with Crippen LogP contribution < -0.4 is 5.32 Å². The minimum atomic E-state index is -2.33. The molecule has 1 fully saturated rings. The molecule has 1 saturated heterocycles. The molecule has 1 aliphatic heterocycles. The summed E-state index contributed by atoms with van der Waals surface area (Å²) in [4.78, 5) is 0. The predicted molar refractivity (Wildman–Crippen MR) is 33.2 cm³/mol. The lowest BCUT2D eigenvalue weighted by Crippen LogP contribution is -2.46. The lowest BCUT2D eigenvalue weighted by atomic mass is 10.1. The highest BCUT2D eigenvalue weighted by Gasteiger charge is 2.16. The number of hydrogen-bond acceptors (Lipinski definition) is 2. The van der Waals surface area contributed by atoms with E-state index in [9.17, 15) is 8.78 Å². The van der Waals surface area contributed by atoms with Crippen LogP contribution in [0, 0.1) is 0 Å². The molecule has 0 aromatic carbocycles. The molecule has 0 spiro atoms. The van der Waals surface area contributed by atoms with Gasteiger partial charge in [-0.3, -0.25) is 0 Å². The minimum Gasteiger partial charge on any atom is -0.374 e. The van der Waals surface area contributed by atoms with Gasteiger partial charge in [-0.1, -0.05) is 0 Å². The van der Waals surface area contributed by atoms with E-state index in [0.717, 1.165) is 13.0 Å². The summed E-state index contributed by atoms with van der Waals surface area (Å²) in [6, 6.07) is 0.318. The van der Waals surface area contributed by atoms with Crippen molar-refractivity contribution in [1.29, 1.82) is 0 Å². The van der Waals surface area contributed by atoms with Gasteiger partial charge in [0, 0.05) is 6.04 Å². The van der Waals surface area contributed by atoms with E-state index in [4.69, 9.17) is 0 Å². The van der Waals surface area contributed by atoms with Crippen molar-refractivity contribution in [3.05, 3.63) is 0 Å². The molecule has 0 amide bonds. The molecule has 2 nitrogen and oxygen atoms in total. The summed E-state index contributed by atoms with van der Waals surface area (Å²) >= 11 is 0. The van der Waals surface area contributed by atoms with E-state index in [1.807, 2.05) is 0 Å². The van der Waals surface area contributed by atoms with E-state index in [1.165, 1.54) is 0 Å². The van der Waals surface area contributed by atoms with Crippen LogP contribution in [0.2, 0.25) is 0 Å². The van der Waals surface area contributed by atoms with Gasteiger partial charge in [-0.25, -0.2) is 8.78 Å². The first-order valence-corrected chi connectivity index (χ1v) is 3.38. The van der Waals surface area contributed by atoms with Crippen LogP contribution >= 0.6 is 0 Å². The smallest absolute Gasteiger partial charge is 0.261 e. The number of ether oxygens (including phenoxy) is 1. The van der Waals surface area contributed by atoms with Gasteiger partial charge in [0.05, 0.1) is 6.61 Å². The molecule has 1 unspecified atom stereocenters. The molecule has 10 heavy (non-hydrogen) atoms. The third kappa shape index (κ3) is 2.58. The Balaban J connectivity index is 1.85. The maximum absolute atomic E-state index is 11.5. The molecule has 60 valence electrons. The van der Waals surface area contributed by atoms with Gasteiger partial charge in [0.1, 0.15) is 6.61 Å². The summed E-state index contributed by atoms with van der Waals surface area (Å²) in [7, 11) is 0. The van der Waals surface area contributed by atoms with Crippen LogP contribution in [0.1, 0.15) is 6.42 Å². The normalized spacial score (nSPS) is 24.9. The second kappa shape index (κ2) is 3.83. The largest absolute Gasteiger partial charge is 0.374 e. The summed E-state index contributed by atoms with van der Waals surface area (Å²) in [6.45, 7) is 0.977. The van der Waals surface area contributed by atoms with Gasteiger partial charge in [0.15, 0.2) is 0 Å². The van der Waals surface area contributed by atoms with E-state index in [2.05, 4.69) is 10.1 Å². The predicted octanol–water partition coefficient (Wildman–Crippen LogP) is 0.630. The van der Waals surface area contributed by atoms with Crippen LogP contribution in [0.4, 0.5) is 8.78 Å². The zero-order valence-electron chi connectivity index (χ0n) is 5.65. The summed E-state index contributed by atoms with van der Waals surface area (Å²) in [5.41, 5.74) is 0. The Bertz CT molecular complexity index is 95.7. The monoisotopic (exact) mass is 151 g/mol. The molecule has 1 aliphatic rings. The van der Waals surface area contributed by atoms with Crippen molar-refractivity contribution in [3.8, 4) is 0 Å². The molecule has 4 heteroatoms. The fraction of sp³-hybridized carbons (Fsp3) is 1.00. The summed E-state index contributed by atoms with van der Waals surface area (Å²) in [5, 5.41) is 3.05. The van der Waals surface area contributed by atoms with Crippen molar-refractivity contribution >= 4 is 0 Å². The number of rotatable bonds is 4. The summed E-state index contributed by atoms with van der Waals surface area (Å²) in [5.74, 6) is 0. The Labute approximate surface area is 58.6 Å². The van der Waals surface area contributed by atoms with Gasteiger partial charge in [-0.05, 0) is 13.0 Å². The molecule has 1 atom stereocenters. The van der Waals surface area contributed by atoms with Crippen LogP contribution in [-0.4, -0.2) is 32.2 Å². The average molecular weight is 151 g/mol. The van der Waals surface area contributed by atoms with Gasteiger partial charge in [0.25, 0.3) is 6.43 Å². The minimum absolute atomic E-state index is 0.318. The lowest BCUT2D eigenvalue weighted by molar-refractivity contribution is 0.00293. The van der Waals surface area contributed by atoms with Crippen molar-refractivity contribution in [2.45, 2.75) is 18.9 Å². The second-order valence-corrected chi connectivity index (χ2v) is 2.37. The molecular formula is C6H11F2NO. The fourth-order valence-electron chi connectivity index (χ4n) is 0.790. The molecule has 0 bridgehead atoms. The zero-order chi connectivity index (χ0) is 7.40. The van der Waals surface area contributed by atoms with Gasteiger partial charge in [-0.15, -0.1) is 0 Å². The van der Waals surface area contributed by atoms with Crippen molar-refractivity contribution in [1.82, 2.24) is 5.32 Å². The SMILES string of the molecule is FC(F)COCC1CCN1. The van der Waals surface area contributed by atoms with Crippen LogP contribution in [0.3, 0.4) is 0 Å². The van der Waals surface area contributed by atoms with Crippen LogP contribution in [0.25, 0.3) is 0 Å². The first kappa shape index (κ1) is 7.88. The molecule has 0 aliphatic carbocycles. The maximum Gasteiger partial charge on any atom is 0.261 e. The number of nitrogens with one attached hydrogen (secondary N) is 1. The quantitative estimate of drug-likeness (QED) is 0.636. The van der Waals surface area contributed by atoms with Gasteiger partial charge in [0.2, 0.25) is 0 Å². The highest BCUT2D eigenvalue weighted by molar-refractivity contribution is 4.76. The Morgan fingerprint density at radius 2 is 2.30 bits per heavy atom. The molecule has 1 heterocycles. The third-order valence-corrected chi connectivity index (χ3v) is 1.49. The molecule has 0 aromatic rings. The number of hydrogen-bond donors (Lipinski definition) is 1. The topological polar surface area (TPSA) is 21.3 Å². The molecule has 0 saturated carbocycles. The number of alkyl halides is 2. The maximum atomic E-state index is 11.5. The highest BCUT2D eigenvalue weighted by Crippen LogP contribution is 2.02. The van der Waals surface area contributed by atoms with Crippen molar-refractivity contribution < 1.29 is 13.5 Å². The van der Waals surface area contributed by atoms with Gasteiger partial charge in [-0.2, -0.15) is 0 Å². The standard InChI is InChI=1S/C6H11F2NO/c7-6(8)4-10-3-5-1-2-9-5/h5-6,9H,1-4H2. The van der Waals surface area contributed by atoms with E-state index >= 15 is 0 Å². The first-order valence-electron chi connectivity index (χ1n) is 3.38. The molecular weight excluding hydrogens is 140 g/mol. The van der Waals surface area contributed by atoms with Crippen molar-refractivity contribution in [2.75, 3.05) is 19.8 Å². The van der Waals surface area contributed by atoms with E-state index in [1.54, 1.807) is 0 Å². The fourth-order valence-corrected chi connectivity index (χ4v) is 0.790. The van der Waals surface area contributed by atoms with Gasteiger partial charge >= 0.3 is 0 Å². The first-order chi connectivity index (χ1) is 4.79. The van der Waals surface area contributed by atoms with E-state index in [-0.39, 0.29) is 0 Å². The van der Waals surface area contributed by atoms with Crippen molar-refractivity contribution in [2.24, 2.45) is 0 Å². The molecule has 0 radical (unpaired) electrons. The average Bonchev–Trinajstić information content (AvgIpc) is 1.75. The third-order valence-electron chi connectivity index (χ3n) is 1.49. The van der Waals surface area contributed by atoms with E-state index in [0.29, 0.717) is 12.6 Å². The van der Waals surface area contributed by atoms with Crippen LogP contribution in [0.15, 0.2) is 0 Å². The Morgan fingerprint density at radius 1 is 1.60 bits per heavy atom. The summed E-state index contributed by atoms with van der Waals surface area (Å²) in [6.07, 6.45) is -1.29. The second-order valence-electron chi connectivity index (χ2n) is 2.37. The summed E-state index contributed by atoms with van der Waals surface area (Å²) < 4.78 is 27.6. The molecule has 1 rings (SSSR count). The van der Waals surface area contributed by atoms with E-state index < -0.39 is 13.0 Å². The van der Waals surface area contributed by atoms with Gasteiger partial charge < -0.3 is 10.1 Å². The Morgan fingerprint density at radius 3 is 2.70 bits per heavy atom. The van der Waals surface area contributed by atoms with Crippen LogP contribution in [-0.2, 0) is 4.74 Å². The van der Waals surface area contributed by atoms with Crippen LogP contribution in [0.5, 0.6) is 0 Å². The van der Waals surface area contributed by atoms with Crippen molar-refractivity contribution in [3.63, 3.8) is 0 Å². The number of halogens is 2. The Hall–Kier alpha value is -0.220. The zero-order valence-corrected chi connectivity index (χ0v) is 5.65. The molecule has 0 aromatic heterocycles. The lowest BCUT2D eigenvalue weighted by Gasteiger charge is -2.26.